The van der Waals surface area contributed by atoms with Crippen molar-refractivity contribution in [1.29, 1.82) is 0 Å². The number of aliphatic hydroxyl groups is 2. The number of hydrogen-bond acceptors (Lipinski definition) is 11. The van der Waals surface area contributed by atoms with E-state index in [1.54, 1.807) is 52.8 Å². The molecule has 2 aromatic rings. The Morgan fingerprint density at radius 3 is 2.39 bits per heavy atom. The molecule has 2 aromatic carbocycles. The van der Waals surface area contributed by atoms with Crippen molar-refractivity contribution < 1.29 is 39.5 Å². The summed E-state index contributed by atoms with van der Waals surface area (Å²) in [6.45, 7) is 13.5. The first-order valence-electron chi connectivity index (χ1n) is 15.6. The molecular weight excluding hydrogens is 592 g/mol. The number of likely N-dealkylation sites (N-methyl/N-ethyl adjacent to an activating group) is 1. The van der Waals surface area contributed by atoms with E-state index in [1.165, 1.54) is 13.8 Å². The van der Waals surface area contributed by atoms with Crippen LogP contribution in [0.5, 0.6) is 17.2 Å². The van der Waals surface area contributed by atoms with Crippen LogP contribution in [0.4, 0.5) is 5.69 Å². The maximum Gasteiger partial charge on any atom is 0.272 e. The summed E-state index contributed by atoms with van der Waals surface area (Å²) in [6.07, 6.45) is 3.31. The fraction of sp³-hybridized carbons (Fsp3) is 0.529. The van der Waals surface area contributed by atoms with Gasteiger partial charge in [-0.25, -0.2) is 0 Å². The Labute approximate surface area is 268 Å². The number of rotatable bonds is 8. The number of aliphatic hydroxyl groups excluding tert-OH is 2. The lowest BCUT2D eigenvalue weighted by Gasteiger charge is -2.25. The predicted molar refractivity (Wildman–Crippen MR) is 174 cm³/mol. The molecule has 4 rings (SSSR count). The maximum atomic E-state index is 14.0. The van der Waals surface area contributed by atoms with Crippen LogP contribution in [-0.2, 0) is 9.53 Å². The molecule has 2 heterocycles. The minimum absolute atomic E-state index is 0.0398. The highest BCUT2D eigenvalue weighted by Crippen LogP contribution is 2.49. The molecule has 250 valence electrons. The van der Waals surface area contributed by atoms with Gasteiger partial charge in [0.2, 0.25) is 5.78 Å². The summed E-state index contributed by atoms with van der Waals surface area (Å²) >= 11 is 0. The molecule has 0 aromatic heterocycles. The molecule has 12 heteroatoms. The molecule has 0 aliphatic carbocycles. The van der Waals surface area contributed by atoms with Gasteiger partial charge in [0, 0.05) is 42.5 Å². The number of ether oxygens (including phenoxy) is 2. The number of anilines is 1. The van der Waals surface area contributed by atoms with Crippen LogP contribution in [0.1, 0.15) is 63.9 Å². The summed E-state index contributed by atoms with van der Waals surface area (Å²) in [4.78, 5) is 39.2. The zero-order valence-corrected chi connectivity index (χ0v) is 27.8. The molecule has 4 atom stereocenters. The summed E-state index contributed by atoms with van der Waals surface area (Å²) in [5.74, 6) is -3.70. The van der Waals surface area contributed by atoms with Gasteiger partial charge in [0.05, 0.1) is 41.2 Å². The van der Waals surface area contributed by atoms with Crippen LogP contribution >= 0.6 is 0 Å². The highest BCUT2D eigenvalue weighted by atomic mass is 16.7. The lowest BCUT2D eigenvalue weighted by atomic mass is 9.93. The number of carbonyl (C=O) groups excluding carboxylic acids is 2. The lowest BCUT2D eigenvalue weighted by molar-refractivity contribution is -0.150. The van der Waals surface area contributed by atoms with Gasteiger partial charge in [0.15, 0.2) is 5.75 Å². The van der Waals surface area contributed by atoms with E-state index in [0.717, 1.165) is 6.54 Å². The summed E-state index contributed by atoms with van der Waals surface area (Å²) in [5, 5.41) is 46.3. The number of phenols is 2. The molecule has 0 bridgehead atoms. The van der Waals surface area contributed by atoms with Crippen molar-refractivity contribution in [1.82, 2.24) is 4.90 Å². The van der Waals surface area contributed by atoms with Crippen LogP contribution in [0.3, 0.4) is 0 Å². The Morgan fingerprint density at radius 1 is 1.07 bits per heavy atom. The van der Waals surface area contributed by atoms with Gasteiger partial charge < -0.3 is 40.1 Å². The molecule has 0 saturated heterocycles. The Kier molecular flexibility index (Phi) is 10.6. The minimum Gasteiger partial charge on any atom is -0.507 e. The Balaban J connectivity index is 1.95. The first-order valence-corrected chi connectivity index (χ1v) is 15.6. The van der Waals surface area contributed by atoms with Crippen LogP contribution in [0, 0.1) is 12.8 Å². The van der Waals surface area contributed by atoms with Gasteiger partial charge in [-0.1, -0.05) is 25.2 Å². The molecule has 2 aliphatic rings. The second kappa shape index (κ2) is 13.9. The van der Waals surface area contributed by atoms with Crippen molar-refractivity contribution in [2.24, 2.45) is 15.9 Å². The number of amides is 1. The molecule has 0 saturated carbocycles. The van der Waals surface area contributed by atoms with Crippen molar-refractivity contribution >= 4 is 28.2 Å². The number of benzene rings is 2. The average Bonchev–Trinajstić information content (AvgIpc) is 3.24. The molecule has 1 unspecified atom stereocenters. The average molecular weight is 639 g/mol. The van der Waals surface area contributed by atoms with E-state index in [4.69, 9.17) is 19.5 Å². The Hall–Kier alpha value is -3.84. The van der Waals surface area contributed by atoms with E-state index in [1.807, 2.05) is 7.05 Å². The zero-order chi connectivity index (χ0) is 34.1. The normalized spacial score (nSPS) is 21.3. The van der Waals surface area contributed by atoms with Crippen molar-refractivity contribution in [3.8, 4) is 17.2 Å². The summed E-state index contributed by atoms with van der Waals surface area (Å²) < 4.78 is 12.0. The molecule has 0 fully saturated rings. The van der Waals surface area contributed by atoms with E-state index in [-0.39, 0.29) is 67.4 Å². The molecule has 46 heavy (non-hydrogen) atoms. The van der Waals surface area contributed by atoms with Crippen LogP contribution in [0.25, 0.3) is 10.8 Å². The van der Waals surface area contributed by atoms with E-state index in [0.29, 0.717) is 26.1 Å². The van der Waals surface area contributed by atoms with Gasteiger partial charge >= 0.3 is 0 Å². The highest BCUT2D eigenvalue weighted by Gasteiger charge is 2.49. The number of carbonyl (C=O) groups is 2. The number of nitrogens with zero attached hydrogens (tertiary/aromatic N) is 3. The number of aromatic hydroxyl groups is 2. The summed E-state index contributed by atoms with van der Waals surface area (Å²) in [7, 11) is 1.98. The summed E-state index contributed by atoms with van der Waals surface area (Å²) in [6, 6.07) is 0. The summed E-state index contributed by atoms with van der Waals surface area (Å²) in [5.41, 5.74) is 0.589. The van der Waals surface area contributed by atoms with Gasteiger partial charge in [-0.15, -0.1) is 0 Å². The van der Waals surface area contributed by atoms with Gasteiger partial charge in [0.25, 0.3) is 11.7 Å². The smallest absolute Gasteiger partial charge is 0.272 e. The quantitative estimate of drug-likeness (QED) is 0.166. The molecule has 5 N–H and O–H groups in total. The minimum atomic E-state index is -1.66. The maximum absolute atomic E-state index is 14.0. The third-order valence-electron chi connectivity index (χ3n) is 8.34. The standard InChI is InChI=1S/C34H46N4O8/c1-17(2)45-34(7)32(43)24-22-23(29(41)20(5)31(24)46-34)30(42)27(26-25(22)36-14-16-38(8)15-10-13-35-26)37-33(44)19(4)12-9-11-18(3)28(40)21(6)39/h9,11-12,17-18,21,28,39-42H,10,13-16H2,1-8H3,(H,37,44)/b11-9+,19-12-,35-26?,36-25?/t18-,21?,28-,34-/m0/s1. The highest BCUT2D eigenvalue weighted by molar-refractivity contribution is 6.19. The molecular formula is C34H46N4O8. The Bertz CT molecular complexity index is 1710. The molecule has 12 nitrogen and oxygen atoms in total. The number of Topliss-reactive ketones (excluding diaryl/α,β-unsaturated/α-hetero) is 1. The lowest BCUT2D eigenvalue weighted by Crippen LogP contribution is -2.42. The predicted octanol–water partition coefficient (Wildman–Crippen LogP) is 2.67. The largest absolute Gasteiger partial charge is 0.507 e. The molecule has 1 amide bonds. The van der Waals surface area contributed by atoms with Crippen LogP contribution in [0.15, 0.2) is 33.8 Å². The molecule has 2 aliphatic heterocycles. The second-order valence-corrected chi connectivity index (χ2v) is 12.6. The van der Waals surface area contributed by atoms with Crippen LogP contribution in [-0.4, -0.2) is 94.3 Å². The van der Waals surface area contributed by atoms with Gasteiger partial charge in [0.1, 0.15) is 22.5 Å². The second-order valence-electron chi connectivity index (χ2n) is 12.6. The fourth-order valence-electron chi connectivity index (χ4n) is 5.74. The number of fused-ring (bicyclic) bond motifs is 5. The van der Waals surface area contributed by atoms with Gasteiger partial charge in [-0.05, 0) is 54.6 Å². The van der Waals surface area contributed by atoms with Gasteiger partial charge in [-0.2, -0.15) is 0 Å². The molecule has 0 radical (unpaired) electrons. The third kappa shape index (κ3) is 6.80. The van der Waals surface area contributed by atoms with Crippen LogP contribution in [0.2, 0.25) is 0 Å². The van der Waals surface area contributed by atoms with Crippen molar-refractivity contribution in [3.05, 3.63) is 45.6 Å². The van der Waals surface area contributed by atoms with Crippen LogP contribution < -0.4 is 20.8 Å². The van der Waals surface area contributed by atoms with Crippen molar-refractivity contribution in [2.45, 2.75) is 79.0 Å². The first kappa shape index (κ1) is 35.0. The number of allylic oxidation sites excluding steroid dienone is 2. The van der Waals surface area contributed by atoms with E-state index < -0.39 is 35.4 Å². The first-order chi connectivity index (χ1) is 21.6. The SMILES string of the molecule is C/C(=C/C=C/[C@H](C)[C@H](O)C(C)O)C(=O)Nc1c(O)c2c(O)c(C)c3c(c2c2c1=NCCCN(C)CCN=2)C(=O)[C@@](C)(OC(C)C)O3. The van der Waals surface area contributed by atoms with Crippen molar-refractivity contribution in [3.63, 3.8) is 0 Å². The van der Waals surface area contributed by atoms with E-state index in [9.17, 15) is 30.0 Å². The number of nitrogens with one attached hydrogen (secondary N) is 1. The topological polar surface area (TPSA) is 174 Å². The van der Waals surface area contributed by atoms with Crippen molar-refractivity contribution in [2.75, 3.05) is 38.5 Å². The fourth-order valence-corrected chi connectivity index (χ4v) is 5.74. The monoisotopic (exact) mass is 638 g/mol. The third-order valence-corrected chi connectivity index (χ3v) is 8.34. The van der Waals surface area contributed by atoms with E-state index >= 15 is 0 Å². The number of hydrogen-bond donors (Lipinski definition) is 5. The Morgan fingerprint density at radius 2 is 1.74 bits per heavy atom. The zero-order valence-electron chi connectivity index (χ0n) is 27.8. The molecule has 0 spiro atoms. The van der Waals surface area contributed by atoms with E-state index in [2.05, 4.69) is 10.2 Å². The van der Waals surface area contributed by atoms with Gasteiger partial charge in [-0.3, -0.25) is 19.6 Å². The number of ketones is 1. The number of phenolic OH excluding ortho intramolecular Hbond substituents is 2.